The number of nitrogens with zero attached hydrogens (tertiary/aromatic N) is 1. The molecule has 6 heteroatoms. The normalized spacial score (nSPS) is 39.5. The van der Waals surface area contributed by atoms with E-state index in [1.54, 1.807) is 0 Å². The maximum absolute atomic E-state index is 10.0. The minimum atomic E-state index is -0.794. The first-order valence-corrected chi connectivity index (χ1v) is 3.82. The minimum Gasteiger partial charge on any atom is -0.373 e. The van der Waals surface area contributed by atoms with Crippen LogP contribution in [0.3, 0.4) is 0 Å². The average molecular weight is 175 g/mol. The van der Waals surface area contributed by atoms with Crippen molar-refractivity contribution in [2.24, 2.45) is 0 Å². The van der Waals surface area contributed by atoms with Crippen LogP contribution in [0.4, 0.5) is 0 Å². The van der Waals surface area contributed by atoms with E-state index in [1.165, 1.54) is 0 Å². The smallest absolute Gasteiger partial charge is 0.294 e. The third kappa shape index (κ3) is 1.23. The van der Waals surface area contributed by atoms with Gasteiger partial charge in [-0.05, 0) is 6.42 Å². The molecule has 2 aliphatic heterocycles. The van der Waals surface area contributed by atoms with E-state index in [0.717, 1.165) is 6.42 Å². The monoisotopic (exact) mass is 175 g/mol. The summed E-state index contributed by atoms with van der Waals surface area (Å²) >= 11 is 0. The van der Waals surface area contributed by atoms with Crippen molar-refractivity contribution < 1.29 is 19.4 Å². The SMILES string of the molecule is O=[N+]([O-])O[C@@H]1CO[C@H]2CCO[C@@H]21. The fourth-order valence-electron chi connectivity index (χ4n) is 1.63. The molecule has 2 fully saturated rings. The van der Waals surface area contributed by atoms with Crippen molar-refractivity contribution in [1.82, 2.24) is 0 Å². The van der Waals surface area contributed by atoms with Crippen LogP contribution in [0.2, 0.25) is 0 Å². The maximum Gasteiger partial charge on any atom is 0.294 e. The first-order chi connectivity index (χ1) is 5.77. The van der Waals surface area contributed by atoms with Crippen molar-refractivity contribution in [3.8, 4) is 0 Å². The molecule has 0 aromatic heterocycles. The number of rotatable bonds is 2. The third-order valence-corrected chi connectivity index (χ3v) is 2.14. The van der Waals surface area contributed by atoms with Crippen molar-refractivity contribution in [2.45, 2.75) is 24.7 Å². The lowest BCUT2D eigenvalue weighted by Gasteiger charge is -2.12. The summed E-state index contributed by atoms with van der Waals surface area (Å²) in [4.78, 5) is 14.4. The summed E-state index contributed by atoms with van der Waals surface area (Å²) in [5, 5.41) is 9.22. The second kappa shape index (κ2) is 2.87. The zero-order chi connectivity index (χ0) is 8.55. The summed E-state index contributed by atoms with van der Waals surface area (Å²) in [5.74, 6) is 0. The zero-order valence-electron chi connectivity index (χ0n) is 6.34. The summed E-state index contributed by atoms with van der Waals surface area (Å²) in [7, 11) is 0. The second-order valence-electron chi connectivity index (χ2n) is 2.86. The fraction of sp³-hybridized carbons (Fsp3) is 1.00. The standard InChI is InChI=1S/C6H9NO5/c8-7(9)12-5-3-11-4-1-2-10-6(4)5/h4-6H,1-3H2/t4-,5+,6-/m0/s1. The molecule has 0 aromatic rings. The van der Waals surface area contributed by atoms with Gasteiger partial charge in [0.15, 0.2) is 6.10 Å². The lowest BCUT2D eigenvalue weighted by Crippen LogP contribution is -2.31. The molecule has 2 aliphatic rings. The summed E-state index contributed by atoms with van der Waals surface area (Å²) < 4.78 is 10.5. The predicted octanol–water partition coefficient (Wildman–Crippen LogP) is -0.249. The summed E-state index contributed by atoms with van der Waals surface area (Å²) in [6.07, 6.45) is 0.0280. The average Bonchev–Trinajstić information content (AvgIpc) is 2.52. The van der Waals surface area contributed by atoms with E-state index in [1.807, 2.05) is 0 Å². The highest BCUT2D eigenvalue weighted by Crippen LogP contribution is 2.28. The van der Waals surface area contributed by atoms with Crippen molar-refractivity contribution in [3.63, 3.8) is 0 Å². The highest BCUT2D eigenvalue weighted by atomic mass is 17.0. The molecule has 6 nitrogen and oxygen atoms in total. The van der Waals surface area contributed by atoms with Gasteiger partial charge in [0.2, 0.25) is 0 Å². The van der Waals surface area contributed by atoms with Crippen molar-refractivity contribution in [2.75, 3.05) is 13.2 Å². The van der Waals surface area contributed by atoms with Crippen LogP contribution >= 0.6 is 0 Å². The highest BCUT2D eigenvalue weighted by Gasteiger charge is 2.43. The van der Waals surface area contributed by atoms with Gasteiger partial charge in [0, 0.05) is 6.61 Å². The summed E-state index contributed by atoms with van der Waals surface area (Å²) in [5.41, 5.74) is 0. The molecule has 0 amide bonds. The van der Waals surface area contributed by atoms with E-state index in [-0.39, 0.29) is 18.8 Å². The Balaban J connectivity index is 1.95. The van der Waals surface area contributed by atoms with E-state index >= 15 is 0 Å². The van der Waals surface area contributed by atoms with Gasteiger partial charge in [-0.1, -0.05) is 0 Å². The van der Waals surface area contributed by atoms with E-state index < -0.39 is 11.2 Å². The van der Waals surface area contributed by atoms with Crippen molar-refractivity contribution in [1.29, 1.82) is 0 Å². The molecule has 12 heavy (non-hydrogen) atoms. The van der Waals surface area contributed by atoms with E-state index in [9.17, 15) is 10.1 Å². The van der Waals surface area contributed by atoms with E-state index in [4.69, 9.17) is 9.47 Å². The Hall–Kier alpha value is -0.880. The van der Waals surface area contributed by atoms with Crippen LogP contribution in [0.1, 0.15) is 6.42 Å². The summed E-state index contributed by atoms with van der Waals surface area (Å²) in [6, 6.07) is 0. The predicted molar refractivity (Wildman–Crippen MR) is 36.0 cm³/mol. The molecule has 2 saturated heterocycles. The van der Waals surface area contributed by atoms with Gasteiger partial charge < -0.3 is 14.3 Å². The number of hydrogen-bond donors (Lipinski definition) is 0. The Morgan fingerprint density at radius 2 is 2.33 bits per heavy atom. The first kappa shape index (κ1) is 7.75. The van der Waals surface area contributed by atoms with Crippen LogP contribution in [-0.2, 0) is 14.3 Å². The molecule has 0 aromatic carbocycles. The van der Waals surface area contributed by atoms with E-state index in [2.05, 4.69) is 4.84 Å². The molecule has 0 bridgehead atoms. The highest BCUT2D eigenvalue weighted by molar-refractivity contribution is 4.89. The van der Waals surface area contributed by atoms with E-state index in [0.29, 0.717) is 6.61 Å². The molecule has 0 spiro atoms. The maximum atomic E-state index is 10.0. The molecule has 0 saturated carbocycles. The second-order valence-corrected chi connectivity index (χ2v) is 2.86. The molecule has 0 unspecified atom stereocenters. The Kier molecular flexibility index (Phi) is 1.86. The lowest BCUT2D eigenvalue weighted by molar-refractivity contribution is -0.769. The van der Waals surface area contributed by atoms with Gasteiger partial charge in [0.25, 0.3) is 5.09 Å². The molecule has 68 valence electrons. The van der Waals surface area contributed by atoms with Gasteiger partial charge in [-0.3, -0.25) is 0 Å². The van der Waals surface area contributed by atoms with Gasteiger partial charge in [0.1, 0.15) is 6.10 Å². The largest absolute Gasteiger partial charge is 0.373 e. The molecule has 3 atom stereocenters. The van der Waals surface area contributed by atoms with Crippen molar-refractivity contribution >= 4 is 0 Å². The minimum absolute atomic E-state index is 0.00468. The van der Waals surface area contributed by atoms with Gasteiger partial charge in [-0.2, -0.15) is 0 Å². The van der Waals surface area contributed by atoms with Crippen molar-refractivity contribution in [3.05, 3.63) is 10.1 Å². The Bertz CT molecular complexity index is 196. The Morgan fingerprint density at radius 3 is 3.08 bits per heavy atom. The quantitative estimate of drug-likeness (QED) is 0.427. The molecule has 0 radical (unpaired) electrons. The van der Waals surface area contributed by atoms with Gasteiger partial charge in [-0.15, -0.1) is 10.1 Å². The van der Waals surface area contributed by atoms with Crippen LogP contribution in [-0.4, -0.2) is 36.6 Å². The van der Waals surface area contributed by atoms with Gasteiger partial charge >= 0.3 is 0 Å². The van der Waals surface area contributed by atoms with Crippen LogP contribution in [0.5, 0.6) is 0 Å². The lowest BCUT2D eigenvalue weighted by atomic mass is 10.1. The number of fused-ring (bicyclic) bond motifs is 1. The van der Waals surface area contributed by atoms with Crippen LogP contribution < -0.4 is 0 Å². The topological polar surface area (TPSA) is 70.8 Å². The molecule has 0 N–H and O–H groups in total. The molecule has 2 rings (SSSR count). The van der Waals surface area contributed by atoms with Crippen LogP contribution in [0.25, 0.3) is 0 Å². The fourth-order valence-corrected chi connectivity index (χ4v) is 1.63. The third-order valence-electron chi connectivity index (χ3n) is 2.14. The number of ether oxygens (including phenoxy) is 2. The Morgan fingerprint density at radius 1 is 1.50 bits per heavy atom. The molecule has 0 aliphatic carbocycles. The zero-order valence-corrected chi connectivity index (χ0v) is 6.34. The van der Waals surface area contributed by atoms with Crippen LogP contribution in [0.15, 0.2) is 0 Å². The molecule has 2 heterocycles. The summed E-state index contributed by atoms with van der Waals surface area (Å²) in [6.45, 7) is 0.864. The first-order valence-electron chi connectivity index (χ1n) is 3.82. The van der Waals surface area contributed by atoms with Gasteiger partial charge in [-0.25, -0.2) is 0 Å². The Labute approximate surface area is 68.5 Å². The number of hydrogen-bond acceptors (Lipinski definition) is 5. The van der Waals surface area contributed by atoms with Crippen LogP contribution in [0, 0.1) is 10.1 Å². The molecular weight excluding hydrogens is 166 g/mol. The molecular formula is C6H9NO5. The van der Waals surface area contributed by atoms with Gasteiger partial charge in [0.05, 0.1) is 12.7 Å².